The summed E-state index contributed by atoms with van der Waals surface area (Å²) in [5.74, 6) is 0.707. The van der Waals surface area contributed by atoms with Crippen LogP contribution in [-0.4, -0.2) is 15.0 Å². The molecule has 0 aliphatic carbocycles. The van der Waals surface area contributed by atoms with Crippen LogP contribution in [0.5, 0.6) is 0 Å². The molecule has 0 atom stereocenters. The van der Waals surface area contributed by atoms with Gasteiger partial charge in [0, 0.05) is 40.5 Å². The van der Waals surface area contributed by atoms with Gasteiger partial charge in [-0.25, -0.2) is 9.97 Å². The average Bonchev–Trinajstić information content (AvgIpc) is 2.98. The Balaban J connectivity index is 1.96. The van der Waals surface area contributed by atoms with Crippen LogP contribution >= 0.6 is 0 Å². The van der Waals surface area contributed by atoms with Gasteiger partial charge >= 0.3 is 0 Å². The number of anilines is 3. The number of nitrogens with one attached hydrogen (secondary N) is 2. The minimum absolute atomic E-state index is 0.700. The molecule has 24 heavy (non-hydrogen) atoms. The fraction of sp³-hybridized carbons (Fsp3) is 0.0526. The van der Waals surface area contributed by atoms with Crippen LogP contribution in [-0.2, 0) is 0 Å². The Hall–Kier alpha value is -3.34. The van der Waals surface area contributed by atoms with Crippen molar-refractivity contribution in [2.75, 3.05) is 11.1 Å². The molecule has 0 aliphatic rings. The number of hydrogen-bond donors (Lipinski definition) is 3. The Bertz CT molecular complexity index is 892. The Labute approximate surface area is 141 Å². The molecule has 0 fully saturated rings. The van der Waals surface area contributed by atoms with E-state index in [1.165, 1.54) is 0 Å². The van der Waals surface area contributed by atoms with Crippen LogP contribution < -0.4 is 11.1 Å². The van der Waals surface area contributed by atoms with Crippen molar-refractivity contribution >= 4 is 29.3 Å². The van der Waals surface area contributed by atoms with Gasteiger partial charge in [-0.05, 0) is 31.2 Å². The molecule has 0 saturated heterocycles. The minimum atomic E-state index is 0.700. The zero-order valence-electron chi connectivity index (χ0n) is 13.5. The highest BCUT2D eigenvalue weighted by Crippen LogP contribution is 2.28. The van der Waals surface area contributed by atoms with E-state index in [4.69, 9.17) is 5.73 Å². The second-order valence-corrected chi connectivity index (χ2v) is 5.27. The zero-order chi connectivity index (χ0) is 16.9. The van der Waals surface area contributed by atoms with E-state index < -0.39 is 0 Å². The predicted molar refractivity (Wildman–Crippen MR) is 101 cm³/mol. The summed E-state index contributed by atoms with van der Waals surface area (Å²) in [6.07, 6.45) is 9.30. The molecule has 0 aliphatic heterocycles. The molecule has 0 unspecified atom stereocenters. The van der Waals surface area contributed by atoms with E-state index in [1.54, 1.807) is 12.4 Å². The maximum atomic E-state index is 5.81. The molecule has 2 heterocycles. The van der Waals surface area contributed by atoms with E-state index in [1.807, 2.05) is 55.6 Å². The molecular weight excluding hydrogens is 298 g/mol. The highest BCUT2D eigenvalue weighted by atomic mass is 15.0. The van der Waals surface area contributed by atoms with Gasteiger partial charge in [-0.3, -0.25) is 0 Å². The first kappa shape index (κ1) is 15.6. The van der Waals surface area contributed by atoms with E-state index >= 15 is 0 Å². The fourth-order valence-corrected chi connectivity index (χ4v) is 2.51. The van der Waals surface area contributed by atoms with Gasteiger partial charge in [0.2, 0.25) is 0 Å². The second kappa shape index (κ2) is 6.83. The molecular formula is C19H19N5. The van der Waals surface area contributed by atoms with E-state index in [0.29, 0.717) is 11.5 Å². The summed E-state index contributed by atoms with van der Waals surface area (Å²) < 4.78 is 0. The van der Waals surface area contributed by atoms with Crippen LogP contribution in [0, 0.1) is 0 Å². The summed E-state index contributed by atoms with van der Waals surface area (Å²) in [5.41, 5.74) is 11.2. The lowest BCUT2D eigenvalue weighted by Gasteiger charge is -2.07. The van der Waals surface area contributed by atoms with Gasteiger partial charge in [0.1, 0.15) is 12.1 Å². The lowest BCUT2D eigenvalue weighted by atomic mass is 10.1. The first-order valence-corrected chi connectivity index (χ1v) is 7.62. The average molecular weight is 317 g/mol. The van der Waals surface area contributed by atoms with Gasteiger partial charge in [-0.1, -0.05) is 24.8 Å². The Kier molecular flexibility index (Phi) is 4.43. The summed E-state index contributed by atoms with van der Waals surface area (Å²) in [7, 11) is 0. The summed E-state index contributed by atoms with van der Waals surface area (Å²) >= 11 is 0. The van der Waals surface area contributed by atoms with Gasteiger partial charge in [0.25, 0.3) is 0 Å². The molecule has 0 bridgehead atoms. The van der Waals surface area contributed by atoms with Crippen molar-refractivity contribution in [1.29, 1.82) is 0 Å². The third-order valence-electron chi connectivity index (χ3n) is 3.59. The molecule has 0 amide bonds. The molecule has 3 aromatic rings. The molecule has 5 nitrogen and oxygen atoms in total. The number of aromatic nitrogens is 3. The number of rotatable bonds is 5. The lowest BCUT2D eigenvalue weighted by Crippen LogP contribution is -1.96. The van der Waals surface area contributed by atoms with Crippen LogP contribution in [0.2, 0.25) is 0 Å². The van der Waals surface area contributed by atoms with E-state index in [9.17, 15) is 0 Å². The zero-order valence-corrected chi connectivity index (χ0v) is 13.5. The van der Waals surface area contributed by atoms with Gasteiger partial charge in [0.15, 0.2) is 0 Å². The number of nitrogens with zero attached hydrogens (tertiary/aromatic N) is 2. The fourth-order valence-electron chi connectivity index (χ4n) is 2.51. The minimum Gasteiger partial charge on any atom is -0.399 e. The van der Waals surface area contributed by atoms with E-state index in [2.05, 4.69) is 26.8 Å². The van der Waals surface area contributed by atoms with Crippen LogP contribution in [0.4, 0.5) is 17.2 Å². The topological polar surface area (TPSA) is 79.6 Å². The van der Waals surface area contributed by atoms with Gasteiger partial charge in [-0.15, -0.1) is 0 Å². The van der Waals surface area contributed by atoms with Crippen molar-refractivity contribution in [3.63, 3.8) is 0 Å². The number of nitrogens with two attached hydrogens (primary N) is 1. The molecule has 120 valence electrons. The molecule has 5 heteroatoms. The quantitative estimate of drug-likeness (QED) is 0.606. The SMILES string of the molecule is C=Cc1[nH]cc(-c2cc(Nc3cccc(N)c3)ncn2)c1/C=C\C. The van der Waals surface area contributed by atoms with Crippen LogP contribution in [0.15, 0.2) is 55.5 Å². The van der Waals surface area contributed by atoms with Crippen LogP contribution in [0.25, 0.3) is 23.4 Å². The molecule has 0 saturated carbocycles. The number of aromatic amines is 1. The monoisotopic (exact) mass is 317 g/mol. The van der Waals surface area contributed by atoms with Crippen molar-refractivity contribution in [3.05, 3.63) is 66.8 Å². The Morgan fingerprint density at radius 2 is 2.12 bits per heavy atom. The highest BCUT2D eigenvalue weighted by molar-refractivity contribution is 5.79. The Morgan fingerprint density at radius 1 is 1.25 bits per heavy atom. The molecule has 0 spiro atoms. The standard InChI is InChI=1S/C19H19N5/c1-3-6-15-16(11-21-17(15)4-2)18-10-19(23-12-22-18)24-14-8-5-7-13(20)9-14/h3-12,21H,2,20H2,1H3,(H,22,23,24)/b6-3-. The summed E-state index contributed by atoms with van der Waals surface area (Å²) in [6.45, 7) is 5.82. The van der Waals surface area contributed by atoms with Crippen LogP contribution in [0.1, 0.15) is 18.2 Å². The largest absolute Gasteiger partial charge is 0.399 e. The normalized spacial score (nSPS) is 10.9. The number of H-pyrrole nitrogens is 1. The van der Waals surface area contributed by atoms with Crippen molar-refractivity contribution in [3.8, 4) is 11.3 Å². The van der Waals surface area contributed by atoms with Gasteiger partial charge < -0.3 is 16.0 Å². The molecule has 0 radical (unpaired) electrons. The van der Waals surface area contributed by atoms with E-state index in [-0.39, 0.29) is 0 Å². The number of benzene rings is 1. The Morgan fingerprint density at radius 3 is 2.88 bits per heavy atom. The number of hydrogen-bond acceptors (Lipinski definition) is 4. The maximum Gasteiger partial charge on any atom is 0.134 e. The number of allylic oxidation sites excluding steroid dienone is 1. The third-order valence-corrected chi connectivity index (χ3v) is 3.59. The maximum absolute atomic E-state index is 5.81. The van der Waals surface area contributed by atoms with Crippen molar-refractivity contribution in [2.24, 2.45) is 0 Å². The summed E-state index contributed by atoms with van der Waals surface area (Å²) in [4.78, 5) is 11.9. The molecule has 2 aromatic heterocycles. The highest BCUT2D eigenvalue weighted by Gasteiger charge is 2.11. The lowest BCUT2D eigenvalue weighted by molar-refractivity contribution is 1.17. The molecule has 3 rings (SSSR count). The second-order valence-electron chi connectivity index (χ2n) is 5.27. The van der Waals surface area contributed by atoms with Gasteiger partial charge in [0.05, 0.1) is 5.69 Å². The first-order valence-electron chi connectivity index (χ1n) is 7.62. The van der Waals surface area contributed by atoms with Crippen LogP contribution in [0.3, 0.4) is 0 Å². The van der Waals surface area contributed by atoms with Crippen molar-refractivity contribution < 1.29 is 0 Å². The molecule has 4 N–H and O–H groups in total. The van der Waals surface area contributed by atoms with E-state index in [0.717, 1.165) is 28.2 Å². The first-order chi connectivity index (χ1) is 11.7. The summed E-state index contributed by atoms with van der Waals surface area (Å²) in [5, 5.41) is 3.25. The number of nitrogen functional groups attached to an aromatic ring is 1. The van der Waals surface area contributed by atoms with Crippen molar-refractivity contribution in [1.82, 2.24) is 15.0 Å². The van der Waals surface area contributed by atoms with Gasteiger partial charge in [-0.2, -0.15) is 0 Å². The third kappa shape index (κ3) is 3.20. The summed E-state index contributed by atoms with van der Waals surface area (Å²) in [6, 6.07) is 9.45. The molecule has 1 aromatic carbocycles. The smallest absolute Gasteiger partial charge is 0.134 e. The van der Waals surface area contributed by atoms with Crippen molar-refractivity contribution in [2.45, 2.75) is 6.92 Å². The predicted octanol–water partition coefficient (Wildman–Crippen LogP) is 4.47.